The maximum Gasteiger partial charge on any atom is 0.237 e. The Kier molecular flexibility index (Phi) is 10.2. The van der Waals surface area contributed by atoms with Crippen molar-refractivity contribution in [3.63, 3.8) is 0 Å². The van der Waals surface area contributed by atoms with Gasteiger partial charge in [0.15, 0.2) is 0 Å². The van der Waals surface area contributed by atoms with Crippen LogP contribution in [0.1, 0.15) is 0 Å². The van der Waals surface area contributed by atoms with Crippen molar-refractivity contribution in [2.45, 2.75) is 12.1 Å². The fourth-order valence-corrected chi connectivity index (χ4v) is 3.66. The summed E-state index contributed by atoms with van der Waals surface area (Å²) in [5, 5.41) is 11.1. The second-order valence-electron chi connectivity index (χ2n) is 3.48. The van der Waals surface area contributed by atoms with Crippen LogP contribution < -0.4 is 21.3 Å². The number of carbonyl (C=O) groups is 2. The van der Waals surface area contributed by atoms with Crippen molar-refractivity contribution in [1.82, 2.24) is 21.3 Å². The summed E-state index contributed by atoms with van der Waals surface area (Å²) < 4.78 is 0. The van der Waals surface area contributed by atoms with E-state index in [2.05, 4.69) is 21.3 Å². The molecule has 0 aliphatic rings. The van der Waals surface area contributed by atoms with Crippen LogP contribution in [0.15, 0.2) is 0 Å². The molecule has 2 amide bonds. The second kappa shape index (κ2) is 10.5. The van der Waals surface area contributed by atoms with Crippen LogP contribution in [0.3, 0.4) is 0 Å². The standard InChI is InChI=1S/C10H22N4O2S2/c1-11-7(9(15)13-3)5-17-18-6-8(12-2)10(16)14-4/h7-8,11-12H,5-6H2,1-4H3,(H,13,15)(H,14,16). The fourth-order valence-electron chi connectivity index (χ4n) is 1.16. The summed E-state index contributed by atoms with van der Waals surface area (Å²) in [6.45, 7) is 0. The van der Waals surface area contributed by atoms with Crippen molar-refractivity contribution in [2.24, 2.45) is 0 Å². The van der Waals surface area contributed by atoms with Crippen molar-refractivity contribution in [2.75, 3.05) is 39.7 Å². The highest BCUT2D eigenvalue weighted by Crippen LogP contribution is 2.22. The van der Waals surface area contributed by atoms with E-state index in [1.54, 1.807) is 49.8 Å². The number of likely N-dealkylation sites (N-methyl/N-ethyl adjacent to an activating group) is 4. The van der Waals surface area contributed by atoms with E-state index in [1.807, 2.05) is 0 Å². The molecule has 2 atom stereocenters. The molecular formula is C10H22N4O2S2. The van der Waals surface area contributed by atoms with Gasteiger partial charge in [-0.25, -0.2) is 0 Å². The molecule has 106 valence electrons. The van der Waals surface area contributed by atoms with Gasteiger partial charge in [-0.2, -0.15) is 0 Å². The Morgan fingerprint density at radius 1 is 0.833 bits per heavy atom. The number of rotatable bonds is 9. The lowest BCUT2D eigenvalue weighted by Crippen LogP contribution is -2.43. The normalized spacial score (nSPS) is 13.8. The lowest BCUT2D eigenvalue weighted by atomic mass is 10.3. The van der Waals surface area contributed by atoms with Crippen LogP contribution in [0.2, 0.25) is 0 Å². The van der Waals surface area contributed by atoms with Gasteiger partial charge in [-0.3, -0.25) is 9.59 Å². The molecule has 0 saturated carbocycles. The molecule has 0 fully saturated rings. The molecule has 0 spiro atoms. The molecule has 0 aromatic carbocycles. The zero-order valence-electron chi connectivity index (χ0n) is 11.2. The van der Waals surface area contributed by atoms with Gasteiger partial charge < -0.3 is 21.3 Å². The van der Waals surface area contributed by atoms with E-state index < -0.39 is 0 Å². The van der Waals surface area contributed by atoms with Gasteiger partial charge in [0, 0.05) is 25.6 Å². The molecule has 0 rings (SSSR count). The summed E-state index contributed by atoms with van der Waals surface area (Å²) in [5.41, 5.74) is 0. The van der Waals surface area contributed by atoms with Gasteiger partial charge in [-0.05, 0) is 14.1 Å². The molecule has 0 bridgehead atoms. The Bertz CT molecular complexity index is 240. The number of amides is 2. The SMILES string of the molecule is CNC(=O)C(CSSCC(NC)C(=O)NC)NC. The van der Waals surface area contributed by atoms with Crippen molar-refractivity contribution >= 4 is 33.4 Å². The van der Waals surface area contributed by atoms with Crippen LogP contribution in [0.25, 0.3) is 0 Å². The average Bonchev–Trinajstić information content (AvgIpc) is 2.41. The number of hydrogen-bond acceptors (Lipinski definition) is 6. The first kappa shape index (κ1) is 17.6. The first-order valence-corrected chi connectivity index (χ1v) is 8.11. The highest BCUT2D eigenvalue weighted by atomic mass is 33.1. The quantitative estimate of drug-likeness (QED) is 0.324. The maximum absolute atomic E-state index is 11.4. The zero-order valence-corrected chi connectivity index (χ0v) is 12.8. The lowest BCUT2D eigenvalue weighted by molar-refractivity contribution is -0.122. The first-order valence-electron chi connectivity index (χ1n) is 5.62. The number of nitrogens with one attached hydrogen (secondary N) is 4. The van der Waals surface area contributed by atoms with Crippen molar-refractivity contribution in [1.29, 1.82) is 0 Å². The summed E-state index contributed by atoms with van der Waals surface area (Å²) >= 11 is 0. The van der Waals surface area contributed by atoms with Crippen LogP contribution in [0.4, 0.5) is 0 Å². The zero-order chi connectivity index (χ0) is 14.0. The monoisotopic (exact) mass is 294 g/mol. The molecule has 0 radical (unpaired) electrons. The van der Waals surface area contributed by atoms with Crippen LogP contribution in [0, 0.1) is 0 Å². The summed E-state index contributed by atoms with van der Waals surface area (Å²) in [6, 6.07) is -0.416. The third-order valence-electron chi connectivity index (χ3n) is 2.38. The second-order valence-corrected chi connectivity index (χ2v) is 6.03. The van der Waals surface area contributed by atoms with Crippen molar-refractivity contribution in [3.8, 4) is 0 Å². The van der Waals surface area contributed by atoms with E-state index in [4.69, 9.17) is 0 Å². The summed E-state index contributed by atoms with van der Waals surface area (Å²) in [6.07, 6.45) is 0. The van der Waals surface area contributed by atoms with Crippen LogP contribution >= 0.6 is 21.6 Å². The maximum atomic E-state index is 11.4. The third-order valence-corrected chi connectivity index (χ3v) is 4.80. The highest BCUT2D eigenvalue weighted by molar-refractivity contribution is 8.76. The molecule has 8 heteroatoms. The van der Waals surface area contributed by atoms with Gasteiger partial charge in [-0.1, -0.05) is 21.6 Å². The Hall–Kier alpha value is -0.440. The molecule has 4 N–H and O–H groups in total. The fraction of sp³-hybridized carbons (Fsp3) is 0.800. The molecule has 0 heterocycles. The van der Waals surface area contributed by atoms with E-state index in [9.17, 15) is 9.59 Å². The van der Waals surface area contributed by atoms with Gasteiger partial charge in [0.25, 0.3) is 0 Å². The van der Waals surface area contributed by atoms with Gasteiger partial charge in [0.1, 0.15) is 0 Å². The Morgan fingerprint density at radius 3 is 1.39 bits per heavy atom. The third kappa shape index (κ3) is 6.48. The van der Waals surface area contributed by atoms with Gasteiger partial charge in [0.2, 0.25) is 11.8 Å². The Balaban J connectivity index is 3.89. The van der Waals surface area contributed by atoms with Crippen LogP contribution in [-0.4, -0.2) is 63.6 Å². The van der Waals surface area contributed by atoms with Crippen LogP contribution in [0.5, 0.6) is 0 Å². The Morgan fingerprint density at radius 2 is 1.17 bits per heavy atom. The van der Waals surface area contributed by atoms with Crippen LogP contribution in [-0.2, 0) is 9.59 Å². The summed E-state index contributed by atoms with van der Waals surface area (Å²) in [4.78, 5) is 22.8. The molecule has 0 aromatic rings. The minimum Gasteiger partial charge on any atom is -0.358 e. The predicted molar refractivity (Wildman–Crippen MR) is 78.7 cm³/mol. The van der Waals surface area contributed by atoms with E-state index in [0.717, 1.165) is 0 Å². The van der Waals surface area contributed by atoms with Gasteiger partial charge in [-0.15, -0.1) is 0 Å². The molecule has 0 saturated heterocycles. The number of carbonyl (C=O) groups excluding carboxylic acids is 2. The van der Waals surface area contributed by atoms with Crippen molar-refractivity contribution in [3.05, 3.63) is 0 Å². The van der Waals surface area contributed by atoms with E-state index in [0.29, 0.717) is 11.5 Å². The molecule has 2 unspecified atom stereocenters. The number of hydrogen-bond donors (Lipinski definition) is 4. The van der Waals surface area contributed by atoms with E-state index >= 15 is 0 Å². The smallest absolute Gasteiger partial charge is 0.237 e. The van der Waals surface area contributed by atoms with Gasteiger partial charge in [0.05, 0.1) is 12.1 Å². The minimum atomic E-state index is -0.208. The first-order chi connectivity index (χ1) is 8.60. The molecule has 0 aromatic heterocycles. The molecular weight excluding hydrogens is 272 g/mol. The van der Waals surface area contributed by atoms with E-state index in [-0.39, 0.29) is 23.9 Å². The molecule has 0 aliphatic heterocycles. The summed E-state index contributed by atoms with van der Waals surface area (Å²) in [5.74, 6) is 1.26. The molecule has 0 aliphatic carbocycles. The summed E-state index contributed by atoms with van der Waals surface area (Å²) in [7, 11) is 9.90. The predicted octanol–water partition coefficient (Wildman–Crippen LogP) is -0.964. The lowest BCUT2D eigenvalue weighted by Gasteiger charge is -2.16. The molecule has 6 nitrogen and oxygen atoms in total. The average molecular weight is 294 g/mol. The van der Waals surface area contributed by atoms with E-state index in [1.165, 1.54) is 0 Å². The Labute approximate surface area is 116 Å². The van der Waals surface area contributed by atoms with Gasteiger partial charge >= 0.3 is 0 Å². The largest absolute Gasteiger partial charge is 0.358 e. The topological polar surface area (TPSA) is 82.3 Å². The molecule has 18 heavy (non-hydrogen) atoms. The van der Waals surface area contributed by atoms with Crippen molar-refractivity contribution < 1.29 is 9.59 Å². The minimum absolute atomic E-state index is 0.0259. The highest BCUT2D eigenvalue weighted by Gasteiger charge is 2.17.